The molecule has 21 heavy (non-hydrogen) atoms. The number of nitrogens with zero attached hydrogens (tertiary/aromatic N) is 1. The minimum absolute atomic E-state index is 0.0343. The van der Waals surface area contributed by atoms with E-state index in [2.05, 4.69) is 16.4 Å². The number of fused-ring (bicyclic) bond motifs is 1. The van der Waals surface area contributed by atoms with Gasteiger partial charge in [-0.3, -0.25) is 14.5 Å². The maximum absolute atomic E-state index is 12.3. The van der Waals surface area contributed by atoms with E-state index >= 15 is 0 Å². The molecule has 2 aromatic rings. The third kappa shape index (κ3) is 2.83. The van der Waals surface area contributed by atoms with Crippen LogP contribution in [0.1, 0.15) is 16.8 Å². The first-order valence-corrected chi connectivity index (χ1v) is 7.15. The Morgan fingerprint density at radius 2 is 2.00 bits per heavy atom. The molecule has 0 bridgehead atoms. The van der Waals surface area contributed by atoms with Gasteiger partial charge in [0.15, 0.2) is 5.43 Å². The molecule has 5 heteroatoms. The van der Waals surface area contributed by atoms with E-state index in [9.17, 15) is 9.59 Å². The Morgan fingerprint density at radius 1 is 1.19 bits per heavy atom. The lowest BCUT2D eigenvalue weighted by Crippen LogP contribution is -2.47. The number of carbonyl (C=O) groups excluding carboxylic acids is 1. The third-order valence-corrected chi connectivity index (χ3v) is 3.85. The van der Waals surface area contributed by atoms with Crippen LogP contribution in [0.4, 0.5) is 0 Å². The minimum Gasteiger partial charge on any atom is -0.357 e. The Balaban J connectivity index is 1.97. The first kappa shape index (κ1) is 13.8. The van der Waals surface area contributed by atoms with Gasteiger partial charge in [0.1, 0.15) is 0 Å². The highest BCUT2D eigenvalue weighted by molar-refractivity contribution is 5.82. The summed E-state index contributed by atoms with van der Waals surface area (Å²) in [6, 6.07) is 5.63. The molecule has 0 spiro atoms. The van der Waals surface area contributed by atoms with Crippen LogP contribution in [0.5, 0.6) is 0 Å². The van der Waals surface area contributed by atoms with Crippen LogP contribution >= 0.6 is 0 Å². The summed E-state index contributed by atoms with van der Waals surface area (Å²) in [6.45, 7) is 6.43. The predicted octanol–water partition coefficient (Wildman–Crippen LogP) is 1.08. The number of rotatable bonds is 2. The van der Waals surface area contributed by atoms with Crippen molar-refractivity contribution in [3.63, 3.8) is 0 Å². The van der Waals surface area contributed by atoms with Crippen LogP contribution < -0.4 is 10.7 Å². The van der Waals surface area contributed by atoms with E-state index in [1.807, 2.05) is 24.8 Å². The number of aryl methyl sites for hydroxylation is 2. The van der Waals surface area contributed by atoms with Gasteiger partial charge in [0.2, 0.25) is 5.91 Å². The molecule has 3 rings (SSSR count). The number of aromatic nitrogens is 1. The van der Waals surface area contributed by atoms with Crippen molar-refractivity contribution in [2.24, 2.45) is 0 Å². The van der Waals surface area contributed by atoms with Gasteiger partial charge < -0.3 is 10.3 Å². The molecule has 5 nitrogen and oxygen atoms in total. The molecule has 1 aliphatic heterocycles. The highest BCUT2D eigenvalue weighted by atomic mass is 16.2. The Bertz CT molecular complexity index is 764. The topological polar surface area (TPSA) is 65.2 Å². The molecule has 0 radical (unpaired) electrons. The van der Waals surface area contributed by atoms with Crippen LogP contribution in [0, 0.1) is 13.8 Å². The second kappa shape index (κ2) is 5.33. The van der Waals surface area contributed by atoms with Crippen molar-refractivity contribution in [1.82, 2.24) is 15.2 Å². The van der Waals surface area contributed by atoms with E-state index < -0.39 is 0 Å². The summed E-state index contributed by atoms with van der Waals surface area (Å²) in [5.74, 6) is 0.0381. The van der Waals surface area contributed by atoms with E-state index in [4.69, 9.17) is 0 Å². The van der Waals surface area contributed by atoms with Crippen LogP contribution in [0.15, 0.2) is 23.0 Å². The third-order valence-electron chi connectivity index (χ3n) is 3.85. The SMILES string of the molecule is Cc1cc(C)c2[nH]c(CN3CCNC(=O)C3)cc(=O)c2c1. The van der Waals surface area contributed by atoms with Crippen LogP contribution in [0.3, 0.4) is 0 Å². The molecule has 0 atom stereocenters. The summed E-state index contributed by atoms with van der Waals surface area (Å²) in [6.07, 6.45) is 0. The normalized spacial score (nSPS) is 16.2. The molecular formula is C16H19N3O2. The second-order valence-corrected chi connectivity index (χ2v) is 5.72. The monoisotopic (exact) mass is 285 g/mol. The summed E-state index contributed by atoms with van der Waals surface area (Å²) in [5.41, 5.74) is 3.94. The number of H-pyrrole nitrogens is 1. The van der Waals surface area contributed by atoms with Gasteiger partial charge in [-0.15, -0.1) is 0 Å². The number of piperazine rings is 1. The van der Waals surface area contributed by atoms with Gasteiger partial charge in [0.25, 0.3) is 0 Å². The van der Waals surface area contributed by atoms with Crippen LogP contribution in [-0.2, 0) is 11.3 Å². The van der Waals surface area contributed by atoms with Gasteiger partial charge in [-0.1, -0.05) is 6.07 Å². The molecule has 1 fully saturated rings. The molecular weight excluding hydrogens is 266 g/mol. The highest BCUT2D eigenvalue weighted by Crippen LogP contribution is 2.16. The summed E-state index contributed by atoms with van der Waals surface area (Å²) in [4.78, 5) is 29.1. The molecule has 0 saturated carbocycles. The highest BCUT2D eigenvalue weighted by Gasteiger charge is 2.17. The molecule has 1 amide bonds. The molecule has 1 aromatic heterocycles. The number of pyridine rings is 1. The number of hydrogen-bond acceptors (Lipinski definition) is 3. The van der Waals surface area contributed by atoms with Gasteiger partial charge in [-0.05, 0) is 31.0 Å². The van der Waals surface area contributed by atoms with Crippen molar-refractivity contribution in [2.45, 2.75) is 20.4 Å². The zero-order valence-corrected chi connectivity index (χ0v) is 12.3. The Kier molecular flexibility index (Phi) is 3.51. The molecule has 2 N–H and O–H groups in total. The standard InChI is InChI=1S/C16H19N3O2/c1-10-5-11(2)16-13(6-10)14(20)7-12(18-16)8-19-4-3-17-15(21)9-19/h5-7H,3-4,8-9H2,1-2H3,(H,17,21)(H,18,20). The first-order chi connectivity index (χ1) is 10.0. The molecule has 1 aliphatic rings. The summed E-state index contributed by atoms with van der Waals surface area (Å²) in [5, 5.41) is 3.53. The average molecular weight is 285 g/mol. The zero-order chi connectivity index (χ0) is 15.0. The zero-order valence-electron chi connectivity index (χ0n) is 12.3. The molecule has 110 valence electrons. The van der Waals surface area contributed by atoms with Crippen LogP contribution in [0.2, 0.25) is 0 Å². The maximum Gasteiger partial charge on any atom is 0.234 e. The molecule has 2 heterocycles. The Hall–Kier alpha value is -2.14. The fraction of sp³-hybridized carbons (Fsp3) is 0.375. The Morgan fingerprint density at radius 3 is 2.76 bits per heavy atom. The summed E-state index contributed by atoms with van der Waals surface area (Å²) >= 11 is 0. The van der Waals surface area contributed by atoms with Gasteiger partial charge in [-0.25, -0.2) is 0 Å². The van der Waals surface area contributed by atoms with E-state index in [1.54, 1.807) is 6.07 Å². The van der Waals surface area contributed by atoms with Crippen molar-refractivity contribution in [2.75, 3.05) is 19.6 Å². The average Bonchev–Trinajstić information content (AvgIpc) is 2.40. The van der Waals surface area contributed by atoms with Crippen molar-refractivity contribution in [1.29, 1.82) is 0 Å². The number of carbonyl (C=O) groups is 1. The Labute approximate surface area is 123 Å². The van der Waals surface area contributed by atoms with Gasteiger partial charge in [0, 0.05) is 36.8 Å². The van der Waals surface area contributed by atoms with E-state index in [0.29, 0.717) is 19.6 Å². The lowest BCUT2D eigenvalue weighted by atomic mass is 10.1. The molecule has 0 unspecified atom stereocenters. The van der Waals surface area contributed by atoms with Crippen molar-refractivity contribution < 1.29 is 4.79 Å². The molecule has 1 saturated heterocycles. The number of aromatic amines is 1. The van der Waals surface area contributed by atoms with Crippen molar-refractivity contribution in [3.8, 4) is 0 Å². The lowest BCUT2D eigenvalue weighted by molar-refractivity contribution is -0.124. The van der Waals surface area contributed by atoms with Crippen molar-refractivity contribution >= 4 is 16.8 Å². The predicted molar refractivity (Wildman–Crippen MR) is 82.3 cm³/mol. The molecule has 0 aliphatic carbocycles. The lowest BCUT2D eigenvalue weighted by Gasteiger charge is -2.26. The van der Waals surface area contributed by atoms with E-state index in [0.717, 1.165) is 34.3 Å². The number of benzene rings is 1. The second-order valence-electron chi connectivity index (χ2n) is 5.72. The number of hydrogen-bond donors (Lipinski definition) is 2. The fourth-order valence-corrected chi connectivity index (χ4v) is 2.91. The largest absolute Gasteiger partial charge is 0.357 e. The smallest absolute Gasteiger partial charge is 0.234 e. The molecule has 1 aromatic carbocycles. The van der Waals surface area contributed by atoms with Gasteiger partial charge in [0.05, 0.1) is 12.1 Å². The van der Waals surface area contributed by atoms with Crippen LogP contribution in [-0.4, -0.2) is 35.4 Å². The van der Waals surface area contributed by atoms with Crippen molar-refractivity contribution in [3.05, 3.63) is 45.2 Å². The van der Waals surface area contributed by atoms with Crippen LogP contribution in [0.25, 0.3) is 10.9 Å². The number of nitrogens with one attached hydrogen (secondary N) is 2. The van der Waals surface area contributed by atoms with E-state index in [-0.39, 0.29) is 11.3 Å². The van der Waals surface area contributed by atoms with E-state index in [1.165, 1.54) is 0 Å². The quantitative estimate of drug-likeness (QED) is 0.867. The van der Waals surface area contributed by atoms with Gasteiger partial charge in [-0.2, -0.15) is 0 Å². The maximum atomic E-state index is 12.3. The minimum atomic E-state index is 0.0343. The number of amides is 1. The van der Waals surface area contributed by atoms with Gasteiger partial charge >= 0.3 is 0 Å². The first-order valence-electron chi connectivity index (χ1n) is 7.15. The summed E-state index contributed by atoms with van der Waals surface area (Å²) < 4.78 is 0. The fourth-order valence-electron chi connectivity index (χ4n) is 2.91. The summed E-state index contributed by atoms with van der Waals surface area (Å²) in [7, 11) is 0.